The average molecular weight is 409 g/mol. The van der Waals surface area contributed by atoms with Crippen LogP contribution in [-0.4, -0.2) is 0 Å². The minimum Gasteiger partial charge on any atom is -0.0776 e. The van der Waals surface area contributed by atoms with E-state index in [1.54, 1.807) is 38.5 Å². The van der Waals surface area contributed by atoms with E-state index >= 15 is 0 Å². The molecule has 7 rings (SSSR count). The van der Waals surface area contributed by atoms with E-state index in [1.165, 1.54) is 51.4 Å². The lowest BCUT2D eigenvalue weighted by Crippen LogP contribution is -2.13. The van der Waals surface area contributed by atoms with Gasteiger partial charge in [0.2, 0.25) is 0 Å². The van der Waals surface area contributed by atoms with Crippen molar-refractivity contribution in [1.29, 1.82) is 0 Å². The molecule has 7 aliphatic carbocycles. The van der Waals surface area contributed by atoms with E-state index in [-0.39, 0.29) is 29.7 Å². The Hall–Kier alpha value is 0. The van der Waals surface area contributed by atoms with Crippen LogP contribution in [0.3, 0.4) is 0 Å². The Labute approximate surface area is 187 Å². The topological polar surface area (TPSA) is 0 Å². The molecular weight excluding hydrogens is 348 g/mol. The maximum Gasteiger partial charge on any atom is -0.0268 e. The standard InChI is InChI=1S/2C7H12.C6H10.C5H10.4CH4/c1-7(4-5-7)6-2-3-6;1-6-5-7(6)3-2-4-7;1-5-4-6(5)2-3-6;1-2-5-3-4-5;;;;/h2*6H,2-5H2,1H3;5H,2-4H2,1H3;5H,2-4H2,1H3;4*1H4. The van der Waals surface area contributed by atoms with Gasteiger partial charge < -0.3 is 0 Å². The van der Waals surface area contributed by atoms with Crippen molar-refractivity contribution >= 4 is 0 Å². The van der Waals surface area contributed by atoms with E-state index < -0.39 is 0 Å². The summed E-state index contributed by atoms with van der Waals surface area (Å²) < 4.78 is 0. The normalized spacial score (nSPS) is 32.7. The Bertz CT molecular complexity index is 449. The van der Waals surface area contributed by atoms with Gasteiger partial charge in [-0.1, -0.05) is 83.1 Å². The van der Waals surface area contributed by atoms with E-state index in [0.717, 1.165) is 39.9 Å². The molecule has 0 aromatic heterocycles. The SMILES string of the molecule is C.C.C.C.CC1(C2CC2)CC1.CC1CC12CC2.CC1CC12CCC2.CCC1CC1. The lowest BCUT2D eigenvalue weighted by atomic mass is 9.80. The van der Waals surface area contributed by atoms with Crippen LogP contribution in [0.15, 0.2) is 0 Å². The van der Waals surface area contributed by atoms with E-state index in [1.807, 2.05) is 0 Å². The Kier molecular flexibility index (Phi) is 10.5. The zero-order valence-corrected chi connectivity index (χ0v) is 17.7. The maximum absolute atomic E-state index is 2.44. The van der Waals surface area contributed by atoms with Crippen molar-refractivity contribution < 1.29 is 0 Å². The molecule has 7 saturated carbocycles. The highest BCUT2D eigenvalue weighted by Gasteiger charge is 2.59. The van der Waals surface area contributed by atoms with Crippen LogP contribution in [0.25, 0.3) is 0 Å². The fraction of sp³-hybridized carbons (Fsp3) is 1.00. The van der Waals surface area contributed by atoms with E-state index in [0.29, 0.717) is 0 Å². The zero-order valence-electron chi connectivity index (χ0n) is 17.7. The minimum atomic E-state index is 0. The predicted octanol–water partition coefficient (Wildman–Crippen LogP) is 10.6. The van der Waals surface area contributed by atoms with Crippen LogP contribution in [0.5, 0.6) is 0 Å². The Morgan fingerprint density at radius 2 is 1.07 bits per heavy atom. The summed E-state index contributed by atoms with van der Waals surface area (Å²) in [4.78, 5) is 0. The molecule has 0 N–H and O–H groups in total. The van der Waals surface area contributed by atoms with Crippen molar-refractivity contribution in [3.63, 3.8) is 0 Å². The van der Waals surface area contributed by atoms with Crippen LogP contribution in [0, 0.1) is 39.9 Å². The highest BCUT2D eigenvalue weighted by atomic mass is 14.6. The molecule has 0 aromatic carbocycles. The van der Waals surface area contributed by atoms with Crippen molar-refractivity contribution in [2.45, 2.75) is 147 Å². The van der Waals surface area contributed by atoms with Crippen molar-refractivity contribution in [1.82, 2.24) is 0 Å². The molecule has 7 fully saturated rings. The van der Waals surface area contributed by atoms with Crippen molar-refractivity contribution in [3.8, 4) is 0 Å². The molecule has 0 aromatic rings. The summed E-state index contributed by atoms with van der Waals surface area (Å²) in [5, 5.41) is 0. The van der Waals surface area contributed by atoms with Gasteiger partial charge in [0.1, 0.15) is 0 Å². The highest BCUT2D eigenvalue weighted by molar-refractivity contribution is 5.10. The van der Waals surface area contributed by atoms with Gasteiger partial charge in [-0.25, -0.2) is 0 Å². The fourth-order valence-corrected chi connectivity index (χ4v) is 5.20. The lowest BCUT2D eigenvalue weighted by molar-refractivity contribution is 0.264. The minimum absolute atomic E-state index is 0. The molecule has 0 nitrogen and oxygen atoms in total. The first-order valence-corrected chi connectivity index (χ1v) is 11.9. The second-order valence-electron chi connectivity index (χ2n) is 11.6. The summed E-state index contributed by atoms with van der Waals surface area (Å²) in [6.45, 7) is 9.45. The van der Waals surface area contributed by atoms with Crippen LogP contribution in [0.2, 0.25) is 0 Å². The first-order valence-electron chi connectivity index (χ1n) is 11.9. The van der Waals surface area contributed by atoms with Crippen molar-refractivity contribution in [2.24, 2.45) is 39.9 Å². The van der Waals surface area contributed by atoms with E-state index in [2.05, 4.69) is 27.7 Å². The molecule has 7 aliphatic rings. The first-order chi connectivity index (χ1) is 11.9. The molecule has 0 heteroatoms. The van der Waals surface area contributed by atoms with Crippen LogP contribution in [-0.2, 0) is 0 Å². The summed E-state index contributed by atoms with van der Waals surface area (Å²) in [5.41, 5.74) is 2.75. The smallest absolute Gasteiger partial charge is 0.0268 e. The molecular formula is C29H60. The Morgan fingerprint density at radius 3 is 1.10 bits per heavy atom. The lowest BCUT2D eigenvalue weighted by Gasteiger charge is -2.25. The average Bonchev–Trinajstić information content (AvgIpc) is 3.39. The summed E-state index contributed by atoms with van der Waals surface area (Å²) >= 11 is 0. The number of rotatable bonds is 2. The summed E-state index contributed by atoms with van der Waals surface area (Å²) in [5.74, 6) is 4.50. The van der Waals surface area contributed by atoms with Gasteiger partial charge in [-0.3, -0.25) is 0 Å². The second-order valence-corrected chi connectivity index (χ2v) is 11.6. The first kappa shape index (κ1) is 29.0. The number of hydrogen-bond acceptors (Lipinski definition) is 0. The van der Waals surface area contributed by atoms with Crippen LogP contribution < -0.4 is 0 Å². The Morgan fingerprint density at radius 1 is 0.655 bits per heavy atom. The molecule has 29 heavy (non-hydrogen) atoms. The van der Waals surface area contributed by atoms with Gasteiger partial charge in [0.15, 0.2) is 0 Å². The third kappa shape index (κ3) is 7.57. The third-order valence-electron chi connectivity index (χ3n) is 9.31. The highest BCUT2D eigenvalue weighted by Crippen LogP contribution is 2.70. The predicted molar refractivity (Wildman–Crippen MR) is 136 cm³/mol. The van der Waals surface area contributed by atoms with Gasteiger partial charge >= 0.3 is 0 Å². The number of hydrogen-bond donors (Lipinski definition) is 0. The molecule has 2 atom stereocenters. The summed E-state index contributed by atoms with van der Waals surface area (Å²) in [6.07, 6.45) is 21.4. The van der Waals surface area contributed by atoms with Crippen LogP contribution in [0.4, 0.5) is 0 Å². The fourth-order valence-electron chi connectivity index (χ4n) is 5.20. The van der Waals surface area contributed by atoms with Gasteiger partial charge in [0.05, 0.1) is 0 Å². The molecule has 0 aliphatic heterocycles. The van der Waals surface area contributed by atoms with Gasteiger partial charge in [0, 0.05) is 0 Å². The van der Waals surface area contributed by atoms with Gasteiger partial charge in [-0.2, -0.15) is 0 Å². The van der Waals surface area contributed by atoms with Gasteiger partial charge in [0.25, 0.3) is 0 Å². The van der Waals surface area contributed by atoms with Gasteiger partial charge in [-0.15, -0.1) is 0 Å². The molecule has 0 heterocycles. The molecule has 2 unspecified atom stereocenters. The van der Waals surface area contributed by atoms with Gasteiger partial charge in [-0.05, 0) is 104 Å². The molecule has 176 valence electrons. The molecule has 0 bridgehead atoms. The molecule has 0 saturated heterocycles. The summed E-state index contributed by atoms with van der Waals surface area (Å²) in [7, 11) is 0. The quantitative estimate of drug-likeness (QED) is 0.426. The summed E-state index contributed by atoms with van der Waals surface area (Å²) in [6, 6.07) is 0. The Balaban J connectivity index is 0.000000347. The maximum atomic E-state index is 2.44. The second kappa shape index (κ2) is 10.5. The van der Waals surface area contributed by atoms with Crippen molar-refractivity contribution in [2.75, 3.05) is 0 Å². The molecule has 0 radical (unpaired) electrons. The zero-order chi connectivity index (χ0) is 17.7. The van der Waals surface area contributed by atoms with Crippen LogP contribution in [0.1, 0.15) is 147 Å². The van der Waals surface area contributed by atoms with E-state index in [4.69, 9.17) is 0 Å². The largest absolute Gasteiger partial charge is 0.0776 e. The van der Waals surface area contributed by atoms with Crippen LogP contribution >= 0.6 is 0 Å². The van der Waals surface area contributed by atoms with E-state index in [9.17, 15) is 0 Å². The van der Waals surface area contributed by atoms with Crippen molar-refractivity contribution in [3.05, 3.63) is 0 Å². The third-order valence-corrected chi connectivity index (χ3v) is 9.31. The monoisotopic (exact) mass is 408 g/mol. The molecule has 0 amide bonds. The molecule has 2 spiro atoms.